The van der Waals surface area contributed by atoms with Crippen LogP contribution in [0.5, 0.6) is 0 Å². The number of hydrogen-bond donors (Lipinski definition) is 1. The van der Waals surface area contributed by atoms with Gasteiger partial charge in [-0.2, -0.15) is 5.10 Å². The van der Waals surface area contributed by atoms with E-state index in [1.807, 2.05) is 36.7 Å². The third-order valence-electron chi connectivity index (χ3n) is 4.60. The van der Waals surface area contributed by atoms with Gasteiger partial charge >= 0.3 is 0 Å². The number of nitrogens with zero attached hydrogens (tertiary/aromatic N) is 2. The largest absolute Gasteiger partial charge is 0.467 e. The molecule has 0 bridgehead atoms. The van der Waals surface area contributed by atoms with Crippen molar-refractivity contribution < 1.29 is 9.21 Å². The van der Waals surface area contributed by atoms with E-state index < -0.39 is 0 Å². The molecule has 0 aliphatic carbocycles. The molecule has 0 aliphatic heterocycles. The minimum atomic E-state index is -0.178. The average Bonchev–Trinajstić information content (AvgIpc) is 3.37. The first kappa shape index (κ1) is 17.5. The van der Waals surface area contributed by atoms with Gasteiger partial charge in [0.1, 0.15) is 10.6 Å². The van der Waals surface area contributed by atoms with Crippen molar-refractivity contribution in [1.29, 1.82) is 0 Å². The molecular formula is C21H21N3O2S. The lowest BCUT2D eigenvalue weighted by atomic mass is 10.1. The van der Waals surface area contributed by atoms with Gasteiger partial charge in [0, 0.05) is 5.39 Å². The molecule has 3 heterocycles. The summed E-state index contributed by atoms with van der Waals surface area (Å²) in [6.07, 6.45) is 1.61. The number of carbonyl (C=O) groups is 1. The molecule has 1 N–H and O–H groups in total. The minimum Gasteiger partial charge on any atom is -0.467 e. The Bertz CT molecular complexity index is 1070. The van der Waals surface area contributed by atoms with Crippen LogP contribution in [0, 0.1) is 13.8 Å². The van der Waals surface area contributed by atoms with Crippen LogP contribution in [0.15, 0.2) is 53.1 Å². The van der Waals surface area contributed by atoms with Crippen molar-refractivity contribution in [3.8, 4) is 0 Å². The molecule has 6 heteroatoms. The molecule has 138 valence electrons. The van der Waals surface area contributed by atoms with Crippen LogP contribution in [0.25, 0.3) is 10.2 Å². The lowest BCUT2D eigenvalue weighted by Gasteiger charge is -2.10. The van der Waals surface area contributed by atoms with Gasteiger partial charge in [-0.05, 0) is 44.5 Å². The number of benzene rings is 1. The first-order valence-electron chi connectivity index (χ1n) is 8.88. The van der Waals surface area contributed by atoms with E-state index in [1.54, 1.807) is 6.26 Å². The number of aryl methyl sites for hydroxylation is 2. The van der Waals surface area contributed by atoms with Gasteiger partial charge in [0.15, 0.2) is 0 Å². The number of hydrogen-bond acceptors (Lipinski definition) is 4. The maximum absolute atomic E-state index is 12.7. The summed E-state index contributed by atoms with van der Waals surface area (Å²) in [6.45, 7) is 6.66. The van der Waals surface area contributed by atoms with Crippen LogP contribution >= 0.6 is 11.3 Å². The molecule has 1 atom stereocenters. The Balaban J connectivity index is 1.58. The molecule has 0 spiro atoms. The van der Waals surface area contributed by atoms with Crippen LogP contribution in [0.2, 0.25) is 0 Å². The molecule has 0 aliphatic rings. The highest BCUT2D eigenvalue weighted by Gasteiger charge is 2.19. The van der Waals surface area contributed by atoms with E-state index in [0.717, 1.165) is 21.7 Å². The number of fused-ring (bicyclic) bond motifs is 1. The van der Waals surface area contributed by atoms with Gasteiger partial charge in [-0.25, -0.2) is 0 Å². The Kier molecular flexibility index (Phi) is 4.58. The lowest BCUT2D eigenvalue weighted by molar-refractivity contribution is 0.0939. The van der Waals surface area contributed by atoms with Crippen LogP contribution in [-0.2, 0) is 6.54 Å². The van der Waals surface area contributed by atoms with E-state index >= 15 is 0 Å². The molecule has 4 aromatic rings. The highest BCUT2D eigenvalue weighted by molar-refractivity contribution is 7.20. The molecule has 1 aromatic carbocycles. The molecule has 0 saturated heterocycles. The van der Waals surface area contributed by atoms with Crippen molar-refractivity contribution in [3.63, 3.8) is 0 Å². The van der Waals surface area contributed by atoms with Gasteiger partial charge in [0.2, 0.25) is 0 Å². The predicted octanol–water partition coefficient (Wildman–Crippen LogP) is 4.85. The van der Waals surface area contributed by atoms with E-state index in [-0.39, 0.29) is 11.9 Å². The number of nitrogens with one attached hydrogen (secondary N) is 1. The molecule has 27 heavy (non-hydrogen) atoms. The Morgan fingerprint density at radius 3 is 2.74 bits per heavy atom. The molecule has 0 radical (unpaired) electrons. The van der Waals surface area contributed by atoms with E-state index in [9.17, 15) is 4.79 Å². The normalized spacial score (nSPS) is 12.4. The van der Waals surface area contributed by atoms with Crippen LogP contribution in [0.1, 0.15) is 45.2 Å². The van der Waals surface area contributed by atoms with Crippen molar-refractivity contribution in [1.82, 2.24) is 15.1 Å². The van der Waals surface area contributed by atoms with Gasteiger partial charge in [-0.1, -0.05) is 29.8 Å². The first-order chi connectivity index (χ1) is 13.0. The van der Waals surface area contributed by atoms with Crippen molar-refractivity contribution in [3.05, 3.63) is 76.2 Å². The molecule has 1 unspecified atom stereocenters. The summed E-state index contributed by atoms with van der Waals surface area (Å²) in [7, 11) is 0. The number of aromatic nitrogens is 2. The maximum Gasteiger partial charge on any atom is 0.262 e. The van der Waals surface area contributed by atoms with Crippen molar-refractivity contribution >= 4 is 27.5 Å². The summed E-state index contributed by atoms with van der Waals surface area (Å²) < 4.78 is 7.34. The first-order valence-corrected chi connectivity index (χ1v) is 9.69. The third-order valence-corrected chi connectivity index (χ3v) is 5.75. The van der Waals surface area contributed by atoms with Gasteiger partial charge in [0.25, 0.3) is 5.91 Å². The van der Waals surface area contributed by atoms with Gasteiger partial charge in [0.05, 0.1) is 29.4 Å². The van der Waals surface area contributed by atoms with E-state index in [1.165, 1.54) is 22.5 Å². The Morgan fingerprint density at radius 1 is 1.26 bits per heavy atom. The fraction of sp³-hybridized carbons (Fsp3) is 0.238. The van der Waals surface area contributed by atoms with Crippen LogP contribution in [-0.4, -0.2) is 15.7 Å². The number of carbonyl (C=O) groups excluding carboxylic acids is 1. The number of rotatable bonds is 5. The topological polar surface area (TPSA) is 60.1 Å². The highest BCUT2D eigenvalue weighted by atomic mass is 32.1. The van der Waals surface area contributed by atoms with Crippen molar-refractivity contribution in [2.45, 2.75) is 33.4 Å². The van der Waals surface area contributed by atoms with Gasteiger partial charge < -0.3 is 9.73 Å². The fourth-order valence-electron chi connectivity index (χ4n) is 3.07. The van der Waals surface area contributed by atoms with Gasteiger partial charge in [-0.3, -0.25) is 9.48 Å². The zero-order valence-corrected chi connectivity index (χ0v) is 16.3. The molecule has 0 saturated carbocycles. The van der Waals surface area contributed by atoms with E-state index in [4.69, 9.17) is 4.42 Å². The molecule has 3 aromatic heterocycles. The standard InChI is InChI=1S/C21H21N3O2S/c1-13-6-8-16(9-7-13)12-24-21-17(14(2)23-24)11-19(27-21)20(25)22-15(3)18-5-4-10-26-18/h4-11,15H,12H2,1-3H3,(H,22,25). The smallest absolute Gasteiger partial charge is 0.262 e. The fourth-order valence-corrected chi connectivity index (χ4v) is 4.14. The summed E-state index contributed by atoms with van der Waals surface area (Å²) in [5.74, 6) is 0.646. The third kappa shape index (κ3) is 3.53. The van der Waals surface area contributed by atoms with Crippen LogP contribution in [0.3, 0.4) is 0 Å². The molecule has 5 nitrogen and oxygen atoms in total. The number of furan rings is 1. The lowest BCUT2D eigenvalue weighted by Crippen LogP contribution is -2.25. The van der Waals surface area contributed by atoms with Gasteiger partial charge in [-0.15, -0.1) is 11.3 Å². The maximum atomic E-state index is 12.7. The Hall–Kier alpha value is -2.86. The summed E-state index contributed by atoms with van der Waals surface area (Å²) >= 11 is 1.47. The highest BCUT2D eigenvalue weighted by Crippen LogP contribution is 2.29. The zero-order chi connectivity index (χ0) is 19.0. The second-order valence-corrected chi connectivity index (χ2v) is 7.80. The van der Waals surface area contributed by atoms with Crippen molar-refractivity contribution in [2.24, 2.45) is 0 Å². The van der Waals surface area contributed by atoms with Crippen molar-refractivity contribution in [2.75, 3.05) is 0 Å². The zero-order valence-electron chi connectivity index (χ0n) is 15.5. The molecule has 4 rings (SSSR count). The Labute approximate surface area is 161 Å². The van der Waals surface area contributed by atoms with Crippen LogP contribution in [0.4, 0.5) is 0 Å². The molecule has 0 fully saturated rings. The predicted molar refractivity (Wildman–Crippen MR) is 107 cm³/mol. The Morgan fingerprint density at radius 2 is 2.04 bits per heavy atom. The van der Waals surface area contributed by atoms with E-state index in [2.05, 4.69) is 41.6 Å². The average molecular weight is 379 g/mol. The minimum absolute atomic E-state index is 0.0959. The summed E-state index contributed by atoms with van der Waals surface area (Å²) in [6, 6.07) is 13.9. The SMILES string of the molecule is Cc1ccc(Cn2nc(C)c3cc(C(=O)NC(C)c4ccco4)sc32)cc1. The summed E-state index contributed by atoms with van der Waals surface area (Å²) in [5, 5.41) is 8.67. The number of amides is 1. The number of thiophene rings is 1. The molecule has 1 amide bonds. The second kappa shape index (κ2) is 7.04. The molecular weight excluding hydrogens is 358 g/mol. The quantitative estimate of drug-likeness (QED) is 0.539. The summed E-state index contributed by atoms with van der Waals surface area (Å²) in [4.78, 5) is 14.4. The van der Waals surface area contributed by atoms with E-state index in [0.29, 0.717) is 11.4 Å². The monoisotopic (exact) mass is 379 g/mol. The summed E-state index contributed by atoms with van der Waals surface area (Å²) in [5.41, 5.74) is 3.36. The van der Waals surface area contributed by atoms with Crippen LogP contribution < -0.4 is 5.32 Å². The second-order valence-electron chi connectivity index (χ2n) is 6.77.